The third kappa shape index (κ3) is 4.18. The number of amides is 1. The molecule has 2 saturated heterocycles. The van der Waals surface area contributed by atoms with E-state index in [1.165, 1.54) is 45.1 Å². The van der Waals surface area contributed by atoms with Gasteiger partial charge in [0.05, 0.1) is 0 Å². The summed E-state index contributed by atoms with van der Waals surface area (Å²) in [5, 5.41) is 6.46. The Hall–Kier alpha value is -0.610. The van der Waals surface area contributed by atoms with E-state index < -0.39 is 0 Å². The van der Waals surface area contributed by atoms with Crippen LogP contribution in [0, 0.1) is 0 Å². The minimum Gasteiger partial charge on any atom is -0.355 e. The molecule has 2 fully saturated rings. The second-order valence-corrected chi connectivity index (χ2v) is 6.08. The lowest BCUT2D eigenvalue weighted by atomic mass is 9.97. The zero-order valence-electron chi connectivity index (χ0n) is 12.5. The van der Waals surface area contributed by atoms with Crippen LogP contribution in [0.25, 0.3) is 0 Å². The van der Waals surface area contributed by atoms with Crippen molar-refractivity contribution in [2.24, 2.45) is 0 Å². The van der Waals surface area contributed by atoms with Gasteiger partial charge in [-0.1, -0.05) is 13.3 Å². The Morgan fingerprint density at radius 2 is 1.89 bits per heavy atom. The molecule has 0 aromatic carbocycles. The Morgan fingerprint density at radius 3 is 2.47 bits per heavy atom. The van der Waals surface area contributed by atoms with Gasteiger partial charge in [0.1, 0.15) is 0 Å². The Labute approximate surface area is 117 Å². The van der Waals surface area contributed by atoms with Crippen LogP contribution < -0.4 is 10.6 Å². The van der Waals surface area contributed by atoms with Crippen molar-refractivity contribution in [2.45, 2.75) is 70.5 Å². The highest BCUT2D eigenvalue weighted by atomic mass is 16.1. The lowest BCUT2D eigenvalue weighted by Crippen LogP contribution is -2.50. The summed E-state index contributed by atoms with van der Waals surface area (Å²) in [5.74, 6) is 0.0660. The summed E-state index contributed by atoms with van der Waals surface area (Å²) in [5.41, 5.74) is 0. The van der Waals surface area contributed by atoms with Gasteiger partial charge in [-0.15, -0.1) is 0 Å². The molecule has 2 unspecified atom stereocenters. The normalized spacial score (nSPS) is 30.5. The predicted octanol–water partition coefficient (Wildman–Crippen LogP) is 1.51. The molecule has 2 atom stereocenters. The van der Waals surface area contributed by atoms with Crippen LogP contribution in [0.15, 0.2) is 0 Å². The maximum absolute atomic E-state index is 10.8. The first-order valence-electron chi connectivity index (χ1n) is 7.94. The quantitative estimate of drug-likeness (QED) is 0.687. The average molecular weight is 267 g/mol. The lowest BCUT2D eigenvalue weighted by Gasteiger charge is -2.39. The lowest BCUT2D eigenvalue weighted by molar-refractivity contribution is -0.118. The number of nitrogens with zero attached hydrogens (tertiary/aromatic N) is 1. The van der Waals surface area contributed by atoms with E-state index in [1.807, 2.05) is 0 Å². The van der Waals surface area contributed by atoms with Gasteiger partial charge in [0.15, 0.2) is 0 Å². The van der Waals surface area contributed by atoms with Crippen LogP contribution >= 0.6 is 0 Å². The summed E-state index contributed by atoms with van der Waals surface area (Å²) in [7, 11) is 0. The van der Waals surface area contributed by atoms with Gasteiger partial charge >= 0.3 is 0 Å². The highest BCUT2D eigenvalue weighted by Gasteiger charge is 2.39. The molecule has 19 heavy (non-hydrogen) atoms. The number of piperidine rings is 1. The summed E-state index contributed by atoms with van der Waals surface area (Å²) in [6.07, 6.45) is 8.00. The van der Waals surface area contributed by atoms with Crippen LogP contribution in [0.4, 0.5) is 0 Å². The zero-order valence-corrected chi connectivity index (χ0v) is 12.5. The van der Waals surface area contributed by atoms with Crippen molar-refractivity contribution in [3.63, 3.8) is 0 Å². The van der Waals surface area contributed by atoms with Gasteiger partial charge in [-0.3, -0.25) is 9.69 Å². The third-order valence-electron chi connectivity index (χ3n) is 4.59. The van der Waals surface area contributed by atoms with Crippen molar-refractivity contribution in [3.8, 4) is 0 Å². The molecule has 2 bridgehead atoms. The molecule has 2 N–H and O–H groups in total. The maximum atomic E-state index is 10.8. The molecule has 1 amide bonds. The number of carbonyl (C=O) groups excluding carboxylic acids is 1. The van der Waals surface area contributed by atoms with E-state index in [2.05, 4.69) is 22.5 Å². The first-order valence-corrected chi connectivity index (χ1v) is 7.94. The van der Waals surface area contributed by atoms with E-state index in [4.69, 9.17) is 0 Å². The average Bonchev–Trinajstić information content (AvgIpc) is 2.61. The van der Waals surface area contributed by atoms with Crippen molar-refractivity contribution in [1.29, 1.82) is 0 Å². The second-order valence-electron chi connectivity index (χ2n) is 6.08. The van der Waals surface area contributed by atoms with Gasteiger partial charge < -0.3 is 10.6 Å². The summed E-state index contributed by atoms with van der Waals surface area (Å²) in [6, 6.07) is 2.27. The van der Waals surface area contributed by atoms with E-state index in [0.717, 1.165) is 25.2 Å². The fourth-order valence-corrected chi connectivity index (χ4v) is 3.66. The molecule has 2 aliphatic heterocycles. The summed E-state index contributed by atoms with van der Waals surface area (Å²) in [4.78, 5) is 13.6. The van der Waals surface area contributed by atoms with Crippen LogP contribution in [-0.2, 0) is 4.79 Å². The van der Waals surface area contributed by atoms with Crippen molar-refractivity contribution >= 4 is 5.91 Å². The van der Waals surface area contributed by atoms with E-state index >= 15 is 0 Å². The van der Waals surface area contributed by atoms with Crippen molar-refractivity contribution in [2.75, 3.05) is 19.6 Å². The smallest absolute Gasteiger partial charge is 0.216 e. The monoisotopic (exact) mass is 267 g/mol. The highest BCUT2D eigenvalue weighted by Crippen LogP contribution is 2.35. The molecule has 4 heteroatoms. The third-order valence-corrected chi connectivity index (χ3v) is 4.59. The fraction of sp³-hybridized carbons (Fsp3) is 0.933. The second kappa shape index (κ2) is 7.25. The first kappa shape index (κ1) is 14.8. The standard InChI is InChI=1S/C15H29N3O/c1-3-4-9-18-14-5-6-15(18)11-13(10-14)17-8-7-16-12(2)19/h13-15,17H,3-11H2,1-2H3,(H,16,19). The molecule has 0 spiro atoms. The molecular formula is C15H29N3O. The topological polar surface area (TPSA) is 44.4 Å². The highest BCUT2D eigenvalue weighted by molar-refractivity contribution is 5.72. The number of carbonyl (C=O) groups is 1. The maximum Gasteiger partial charge on any atom is 0.216 e. The van der Waals surface area contributed by atoms with Crippen molar-refractivity contribution in [3.05, 3.63) is 0 Å². The number of fused-ring (bicyclic) bond motifs is 2. The first-order chi connectivity index (χ1) is 9.20. The Bertz CT molecular complexity index is 281. The van der Waals surface area contributed by atoms with Crippen LogP contribution in [0.5, 0.6) is 0 Å². The molecule has 2 heterocycles. The van der Waals surface area contributed by atoms with Gasteiger partial charge in [-0.2, -0.15) is 0 Å². The number of hydrogen-bond donors (Lipinski definition) is 2. The fourth-order valence-electron chi connectivity index (χ4n) is 3.66. The molecule has 2 rings (SSSR count). The van der Waals surface area contributed by atoms with Gasteiger partial charge in [0.2, 0.25) is 5.91 Å². The molecule has 0 aromatic rings. The minimum atomic E-state index is 0.0660. The van der Waals surface area contributed by atoms with Crippen LogP contribution in [0.3, 0.4) is 0 Å². The minimum absolute atomic E-state index is 0.0660. The molecule has 2 aliphatic rings. The van der Waals surface area contributed by atoms with Gasteiger partial charge in [-0.05, 0) is 38.6 Å². The van der Waals surface area contributed by atoms with E-state index in [1.54, 1.807) is 6.92 Å². The molecule has 4 nitrogen and oxygen atoms in total. The molecule has 0 radical (unpaired) electrons. The molecule has 0 saturated carbocycles. The van der Waals surface area contributed by atoms with Crippen LogP contribution in [0.2, 0.25) is 0 Å². The predicted molar refractivity (Wildman–Crippen MR) is 78.1 cm³/mol. The Balaban J connectivity index is 1.69. The number of nitrogens with one attached hydrogen (secondary N) is 2. The molecule has 110 valence electrons. The summed E-state index contributed by atoms with van der Waals surface area (Å²) >= 11 is 0. The number of rotatable bonds is 7. The number of hydrogen-bond acceptors (Lipinski definition) is 3. The Kier molecular flexibility index (Phi) is 5.64. The SMILES string of the molecule is CCCCN1C2CCC1CC(NCCNC(C)=O)C2. The number of unbranched alkanes of at least 4 members (excludes halogenated alkanes) is 1. The summed E-state index contributed by atoms with van der Waals surface area (Å²) < 4.78 is 0. The Morgan fingerprint density at radius 1 is 1.21 bits per heavy atom. The van der Waals surface area contributed by atoms with Crippen LogP contribution in [-0.4, -0.2) is 48.6 Å². The van der Waals surface area contributed by atoms with Gasteiger partial charge in [0.25, 0.3) is 0 Å². The van der Waals surface area contributed by atoms with Crippen LogP contribution in [0.1, 0.15) is 52.4 Å². The van der Waals surface area contributed by atoms with Gasteiger partial charge in [-0.25, -0.2) is 0 Å². The molecule has 0 aromatic heterocycles. The molecule has 0 aliphatic carbocycles. The largest absolute Gasteiger partial charge is 0.355 e. The van der Waals surface area contributed by atoms with Crippen molar-refractivity contribution < 1.29 is 4.79 Å². The van der Waals surface area contributed by atoms with E-state index in [-0.39, 0.29) is 5.91 Å². The van der Waals surface area contributed by atoms with E-state index in [0.29, 0.717) is 6.04 Å². The van der Waals surface area contributed by atoms with E-state index in [9.17, 15) is 4.79 Å². The summed E-state index contributed by atoms with van der Waals surface area (Å²) in [6.45, 7) is 6.80. The van der Waals surface area contributed by atoms with Crippen molar-refractivity contribution in [1.82, 2.24) is 15.5 Å². The molecular weight excluding hydrogens is 238 g/mol. The zero-order chi connectivity index (χ0) is 13.7. The van der Waals surface area contributed by atoms with Gasteiger partial charge in [0, 0.05) is 38.1 Å².